The third-order valence-electron chi connectivity index (χ3n) is 5.28. The molecule has 114 valence electrons. The smallest absolute Gasteiger partial charge is 0.306 e. The van der Waals surface area contributed by atoms with E-state index < -0.39 is 5.97 Å². The van der Waals surface area contributed by atoms with Crippen LogP contribution in [0.3, 0.4) is 0 Å². The Bertz CT molecular complexity index is 357. The molecule has 0 bridgehead atoms. The highest BCUT2D eigenvalue weighted by Crippen LogP contribution is 2.39. The van der Waals surface area contributed by atoms with Crippen molar-refractivity contribution in [2.45, 2.75) is 63.3 Å². The van der Waals surface area contributed by atoms with Crippen molar-refractivity contribution in [3.8, 4) is 0 Å². The SMILES string of the molecule is CC1CC(C(=O)O)CCN1C1CCC2(CC1)OCCO2. The van der Waals surface area contributed by atoms with Gasteiger partial charge in [0.2, 0.25) is 0 Å². The van der Waals surface area contributed by atoms with Crippen molar-refractivity contribution in [1.29, 1.82) is 0 Å². The first-order chi connectivity index (χ1) is 9.60. The highest BCUT2D eigenvalue weighted by molar-refractivity contribution is 5.70. The maximum atomic E-state index is 11.1. The number of nitrogens with zero attached hydrogens (tertiary/aromatic N) is 1. The van der Waals surface area contributed by atoms with Crippen LogP contribution in [0, 0.1) is 5.92 Å². The standard InChI is InChI=1S/C15H25NO4/c1-11-10-12(14(17)18)4-7-16(11)13-2-5-15(6-3-13)19-8-9-20-15/h11-13H,2-10H2,1H3,(H,17,18). The maximum absolute atomic E-state index is 11.1. The molecule has 0 aromatic heterocycles. The molecule has 1 N–H and O–H groups in total. The van der Waals surface area contributed by atoms with Gasteiger partial charge >= 0.3 is 5.97 Å². The molecule has 0 radical (unpaired) electrons. The molecule has 0 amide bonds. The summed E-state index contributed by atoms with van der Waals surface area (Å²) in [5, 5.41) is 9.14. The minimum atomic E-state index is -0.633. The van der Waals surface area contributed by atoms with Crippen LogP contribution in [0.1, 0.15) is 45.4 Å². The van der Waals surface area contributed by atoms with Crippen molar-refractivity contribution in [3.63, 3.8) is 0 Å². The molecule has 5 nitrogen and oxygen atoms in total. The number of carboxylic acids is 1. The summed E-state index contributed by atoms with van der Waals surface area (Å²) in [5.74, 6) is -1.08. The van der Waals surface area contributed by atoms with E-state index >= 15 is 0 Å². The van der Waals surface area contributed by atoms with Gasteiger partial charge in [-0.25, -0.2) is 0 Å². The van der Waals surface area contributed by atoms with Gasteiger partial charge in [0, 0.05) is 24.9 Å². The van der Waals surface area contributed by atoms with E-state index in [0.717, 1.165) is 58.3 Å². The van der Waals surface area contributed by atoms with E-state index in [9.17, 15) is 4.79 Å². The quantitative estimate of drug-likeness (QED) is 0.838. The normalized spacial score (nSPS) is 35.5. The van der Waals surface area contributed by atoms with Gasteiger partial charge in [-0.1, -0.05) is 0 Å². The zero-order chi connectivity index (χ0) is 14.2. The fraction of sp³-hybridized carbons (Fsp3) is 0.933. The molecule has 1 saturated carbocycles. The number of ether oxygens (including phenoxy) is 2. The molecular formula is C15H25NO4. The topological polar surface area (TPSA) is 59.0 Å². The number of carboxylic acid groups (broad SMARTS) is 1. The van der Waals surface area contributed by atoms with Crippen LogP contribution in [0.2, 0.25) is 0 Å². The van der Waals surface area contributed by atoms with Gasteiger partial charge in [-0.05, 0) is 39.2 Å². The number of likely N-dealkylation sites (tertiary alicyclic amines) is 1. The molecule has 2 heterocycles. The van der Waals surface area contributed by atoms with Gasteiger partial charge in [-0.15, -0.1) is 0 Å². The molecule has 3 fully saturated rings. The summed E-state index contributed by atoms with van der Waals surface area (Å²) >= 11 is 0. The van der Waals surface area contributed by atoms with Crippen LogP contribution in [0.5, 0.6) is 0 Å². The van der Waals surface area contributed by atoms with Crippen LogP contribution < -0.4 is 0 Å². The summed E-state index contributed by atoms with van der Waals surface area (Å²) in [4.78, 5) is 13.6. The number of aliphatic carboxylic acids is 1. The molecule has 3 aliphatic rings. The number of piperidine rings is 1. The zero-order valence-electron chi connectivity index (χ0n) is 12.2. The fourth-order valence-corrected chi connectivity index (χ4v) is 4.12. The van der Waals surface area contributed by atoms with E-state index in [-0.39, 0.29) is 11.7 Å². The van der Waals surface area contributed by atoms with E-state index in [2.05, 4.69) is 11.8 Å². The largest absolute Gasteiger partial charge is 0.481 e. The average molecular weight is 283 g/mol. The molecule has 2 aliphatic heterocycles. The Kier molecular flexibility index (Phi) is 4.02. The molecular weight excluding hydrogens is 258 g/mol. The van der Waals surface area contributed by atoms with Crippen molar-refractivity contribution in [2.24, 2.45) is 5.92 Å². The lowest BCUT2D eigenvalue weighted by Crippen LogP contribution is -2.51. The number of carbonyl (C=O) groups is 1. The van der Waals surface area contributed by atoms with Gasteiger partial charge in [0.25, 0.3) is 0 Å². The minimum absolute atomic E-state index is 0.155. The highest BCUT2D eigenvalue weighted by atomic mass is 16.7. The molecule has 0 aromatic carbocycles. The molecule has 5 heteroatoms. The van der Waals surface area contributed by atoms with E-state index in [1.165, 1.54) is 0 Å². The Morgan fingerprint density at radius 1 is 1.20 bits per heavy atom. The van der Waals surface area contributed by atoms with Crippen molar-refractivity contribution < 1.29 is 19.4 Å². The predicted octanol–water partition coefficient (Wildman–Crippen LogP) is 1.86. The van der Waals surface area contributed by atoms with E-state index in [1.54, 1.807) is 0 Å². The van der Waals surface area contributed by atoms with Crippen molar-refractivity contribution in [2.75, 3.05) is 19.8 Å². The molecule has 2 atom stereocenters. The monoisotopic (exact) mass is 283 g/mol. The summed E-state index contributed by atoms with van der Waals surface area (Å²) in [5.41, 5.74) is 0. The number of hydrogen-bond acceptors (Lipinski definition) is 4. The second-order valence-electron chi connectivity index (χ2n) is 6.49. The molecule has 1 aliphatic carbocycles. The Hall–Kier alpha value is -0.650. The number of rotatable bonds is 2. The van der Waals surface area contributed by atoms with Crippen molar-refractivity contribution in [1.82, 2.24) is 4.90 Å². The van der Waals surface area contributed by atoms with Crippen LogP contribution >= 0.6 is 0 Å². The summed E-state index contributed by atoms with van der Waals surface area (Å²) in [6, 6.07) is 0.937. The second kappa shape index (κ2) is 5.62. The van der Waals surface area contributed by atoms with Crippen molar-refractivity contribution >= 4 is 5.97 Å². The molecule has 3 rings (SSSR count). The van der Waals surface area contributed by atoms with Gasteiger partial charge in [0.15, 0.2) is 5.79 Å². The predicted molar refractivity (Wildman–Crippen MR) is 73.4 cm³/mol. The second-order valence-corrected chi connectivity index (χ2v) is 6.49. The maximum Gasteiger partial charge on any atom is 0.306 e. The Morgan fingerprint density at radius 3 is 2.40 bits per heavy atom. The first kappa shape index (κ1) is 14.3. The van der Waals surface area contributed by atoms with Gasteiger partial charge in [-0.3, -0.25) is 9.69 Å². The average Bonchev–Trinajstić information content (AvgIpc) is 2.88. The Labute approximate surface area is 120 Å². The molecule has 1 spiro atoms. The minimum Gasteiger partial charge on any atom is -0.481 e. The van der Waals surface area contributed by atoms with Crippen molar-refractivity contribution in [3.05, 3.63) is 0 Å². The molecule has 2 unspecified atom stereocenters. The third-order valence-corrected chi connectivity index (χ3v) is 5.28. The van der Waals surface area contributed by atoms with Gasteiger partial charge in [0.05, 0.1) is 19.1 Å². The fourth-order valence-electron chi connectivity index (χ4n) is 4.12. The van der Waals surface area contributed by atoms with E-state index in [1.807, 2.05) is 0 Å². The third kappa shape index (κ3) is 2.71. The lowest BCUT2D eigenvalue weighted by atomic mass is 9.84. The summed E-state index contributed by atoms with van der Waals surface area (Å²) in [6.07, 6.45) is 5.72. The molecule has 2 saturated heterocycles. The van der Waals surface area contributed by atoms with E-state index in [4.69, 9.17) is 14.6 Å². The van der Waals surface area contributed by atoms with Crippen LogP contribution in [0.15, 0.2) is 0 Å². The Morgan fingerprint density at radius 2 is 1.85 bits per heavy atom. The van der Waals surface area contributed by atoms with Crippen LogP contribution in [-0.2, 0) is 14.3 Å². The van der Waals surface area contributed by atoms with E-state index in [0.29, 0.717) is 12.1 Å². The van der Waals surface area contributed by atoms with Gasteiger partial charge < -0.3 is 14.6 Å². The zero-order valence-corrected chi connectivity index (χ0v) is 12.2. The highest BCUT2D eigenvalue weighted by Gasteiger charge is 2.43. The van der Waals surface area contributed by atoms with Gasteiger partial charge in [-0.2, -0.15) is 0 Å². The number of hydrogen-bond donors (Lipinski definition) is 1. The lowest BCUT2D eigenvalue weighted by molar-refractivity contribution is -0.186. The van der Waals surface area contributed by atoms with Crippen LogP contribution in [-0.4, -0.2) is 53.6 Å². The van der Waals surface area contributed by atoms with Crippen LogP contribution in [0.25, 0.3) is 0 Å². The van der Waals surface area contributed by atoms with Gasteiger partial charge in [0.1, 0.15) is 0 Å². The first-order valence-electron chi connectivity index (χ1n) is 7.86. The Balaban J connectivity index is 1.54. The summed E-state index contributed by atoms with van der Waals surface area (Å²) in [6.45, 7) is 4.54. The molecule has 20 heavy (non-hydrogen) atoms. The van der Waals surface area contributed by atoms with Crippen LogP contribution in [0.4, 0.5) is 0 Å². The summed E-state index contributed by atoms with van der Waals surface area (Å²) in [7, 11) is 0. The summed E-state index contributed by atoms with van der Waals surface area (Å²) < 4.78 is 11.5. The molecule has 0 aromatic rings. The first-order valence-corrected chi connectivity index (χ1v) is 7.86. The lowest BCUT2D eigenvalue weighted by Gasteiger charge is -2.45.